The minimum atomic E-state index is -0.789. The van der Waals surface area contributed by atoms with Crippen LogP contribution < -0.4 is 20.8 Å². The van der Waals surface area contributed by atoms with E-state index in [1.54, 1.807) is 7.11 Å². The smallest absolute Gasteiger partial charge is 0.256 e. The Morgan fingerprint density at radius 1 is 1.07 bits per heavy atom. The number of nitrogens with one attached hydrogen (secondary N) is 1. The summed E-state index contributed by atoms with van der Waals surface area (Å²) in [7, 11) is 3.80. The number of piperidine rings is 1. The number of imidazole rings is 1. The van der Waals surface area contributed by atoms with E-state index < -0.39 is 11.3 Å². The number of aromatic amines is 1. The molecule has 2 aromatic carbocycles. The maximum atomic E-state index is 14.0. The van der Waals surface area contributed by atoms with Crippen molar-refractivity contribution in [1.82, 2.24) is 24.3 Å². The first-order chi connectivity index (χ1) is 19.4. The van der Waals surface area contributed by atoms with Crippen LogP contribution in [0.5, 0.6) is 5.75 Å². The minimum absolute atomic E-state index is 0.0914. The Hall–Kier alpha value is -4.44. The second-order valence-electron chi connectivity index (χ2n) is 11.1. The molecular formula is C30H31N7O3. The van der Waals surface area contributed by atoms with Crippen molar-refractivity contribution in [3.63, 3.8) is 0 Å². The highest BCUT2D eigenvalue weighted by atomic mass is 16.5. The van der Waals surface area contributed by atoms with E-state index in [4.69, 9.17) is 20.4 Å². The lowest BCUT2D eigenvalue weighted by molar-refractivity contribution is 0.100. The fourth-order valence-corrected chi connectivity index (χ4v) is 6.53. The molecule has 3 N–H and O–H groups in total. The first-order valence-electron chi connectivity index (χ1n) is 13.6. The number of benzene rings is 2. The minimum Gasteiger partial charge on any atom is -0.497 e. The molecule has 10 heteroatoms. The fourth-order valence-electron chi connectivity index (χ4n) is 6.53. The summed E-state index contributed by atoms with van der Waals surface area (Å²) in [5.74, 6) is 1.71. The Balaban J connectivity index is 1.49. The molecule has 2 unspecified atom stereocenters. The van der Waals surface area contributed by atoms with E-state index in [1.165, 1.54) is 0 Å². The lowest BCUT2D eigenvalue weighted by atomic mass is 9.89. The van der Waals surface area contributed by atoms with Crippen LogP contribution in [0.1, 0.15) is 28.0 Å². The number of carbonyl (C=O) groups is 1. The molecule has 0 saturated carbocycles. The predicted molar refractivity (Wildman–Crippen MR) is 154 cm³/mol. The number of rotatable bonds is 5. The Bertz CT molecular complexity index is 1840. The maximum Gasteiger partial charge on any atom is 0.256 e. The molecule has 1 amide bonds. The van der Waals surface area contributed by atoms with Gasteiger partial charge in [0.1, 0.15) is 17.0 Å². The average Bonchev–Trinajstić information content (AvgIpc) is 3.54. The predicted octanol–water partition coefficient (Wildman–Crippen LogP) is 2.81. The molecule has 2 aliphatic rings. The summed E-state index contributed by atoms with van der Waals surface area (Å²) in [5, 5.41) is 0.312. The SMILES string of the molecule is COc1ccc(Cc2nc(N3CC4CCN(C)CC4C3)nc3c2c(=O)c(C(N)=O)c2[nH]c4ccccc4n23)cc1. The number of aromatic nitrogens is 4. The number of ether oxygens (including phenoxy) is 1. The van der Waals surface area contributed by atoms with Gasteiger partial charge in [-0.15, -0.1) is 0 Å². The summed E-state index contributed by atoms with van der Waals surface area (Å²) in [5.41, 5.74) is 9.20. The van der Waals surface area contributed by atoms with Gasteiger partial charge in [-0.25, -0.2) is 4.98 Å². The standard InChI is InChI=1S/C30H31N7O3/c1-35-12-11-18-15-36(16-19(18)14-35)30-33-22(13-17-7-9-20(40-2)10-8-17)24-26(38)25(27(31)39)29-32-21-5-3-4-6-23(21)37(29)28(24)34-30/h3-10,18-19,32H,11-16H2,1-2H3,(H2,31,39). The summed E-state index contributed by atoms with van der Waals surface area (Å²) in [6, 6.07) is 15.4. The number of pyridine rings is 1. The van der Waals surface area contributed by atoms with Gasteiger partial charge in [-0.3, -0.25) is 14.0 Å². The quantitative estimate of drug-likeness (QED) is 0.354. The van der Waals surface area contributed by atoms with Crippen LogP contribution in [0.3, 0.4) is 0 Å². The van der Waals surface area contributed by atoms with Gasteiger partial charge < -0.3 is 25.3 Å². The zero-order valence-corrected chi connectivity index (χ0v) is 22.6. The van der Waals surface area contributed by atoms with Gasteiger partial charge in [-0.05, 0) is 61.7 Å². The van der Waals surface area contributed by atoms with Crippen LogP contribution in [0.4, 0.5) is 5.95 Å². The lowest BCUT2D eigenvalue weighted by Gasteiger charge is -2.31. The van der Waals surface area contributed by atoms with E-state index >= 15 is 0 Å². The Morgan fingerprint density at radius 3 is 2.62 bits per heavy atom. The largest absolute Gasteiger partial charge is 0.497 e. The molecule has 2 fully saturated rings. The first kappa shape index (κ1) is 24.6. The number of primary amides is 1. The highest BCUT2D eigenvalue weighted by Gasteiger charge is 2.37. The van der Waals surface area contributed by atoms with Gasteiger partial charge in [0.25, 0.3) is 5.91 Å². The number of para-hydroxylation sites is 2. The molecule has 10 nitrogen and oxygen atoms in total. The van der Waals surface area contributed by atoms with Crippen molar-refractivity contribution in [3.8, 4) is 5.75 Å². The third-order valence-electron chi connectivity index (χ3n) is 8.54. The molecule has 5 heterocycles. The van der Waals surface area contributed by atoms with Crippen LogP contribution in [0.25, 0.3) is 27.7 Å². The Morgan fingerprint density at radius 2 is 1.85 bits per heavy atom. The van der Waals surface area contributed by atoms with Crippen LogP contribution in [0.15, 0.2) is 53.3 Å². The Labute approximate surface area is 230 Å². The van der Waals surface area contributed by atoms with Crippen LogP contribution in [-0.2, 0) is 6.42 Å². The fraction of sp³-hybridized carbons (Fsp3) is 0.333. The average molecular weight is 538 g/mol. The zero-order chi connectivity index (χ0) is 27.5. The molecule has 3 aromatic heterocycles. The van der Waals surface area contributed by atoms with Crippen molar-refractivity contribution >= 4 is 39.6 Å². The van der Waals surface area contributed by atoms with E-state index in [0.717, 1.165) is 54.9 Å². The normalized spacial score (nSPS) is 19.5. The molecule has 0 aliphatic carbocycles. The van der Waals surface area contributed by atoms with Crippen LogP contribution in [0.2, 0.25) is 0 Å². The number of likely N-dealkylation sites (tertiary alicyclic amines) is 1. The Kier molecular flexibility index (Phi) is 5.74. The number of nitrogens with zero attached hydrogens (tertiary/aromatic N) is 5. The van der Waals surface area contributed by atoms with E-state index in [0.29, 0.717) is 46.6 Å². The van der Waals surface area contributed by atoms with Crippen LogP contribution in [0, 0.1) is 11.8 Å². The molecule has 2 atom stereocenters. The van der Waals surface area contributed by atoms with E-state index in [2.05, 4.69) is 21.8 Å². The molecule has 7 rings (SSSR count). The summed E-state index contributed by atoms with van der Waals surface area (Å²) < 4.78 is 7.18. The number of carbonyl (C=O) groups excluding carboxylic acids is 1. The number of methoxy groups -OCH3 is 1. The molecular weight excluding hydrogens is 506 g/mol. The number of hydrogen-bond acceptors (Lipinski definition) is 7. The molecule has 0 radical (unpaired) electrons. The first-order valence-corrected chi connectivity index (χ1v) is 13.6. The third-order valence-corrected chi connectivity index (χ3v) is 8.54. The maximum absolute atomic E-state index is 14.0. The van der Waals surface area contributed by atoms with Crippen molar-refractivity contribution in [2.24, 2.45) is 17.6 Å². The van der Waals surface area contributed by atoms with Gasteiger partial charge in [0.15, 0.2) is 5.65 Å². The van der Waals surface area contributed by atoms with Crippen molar-refractivity contribution in [2.75, 3.05) is 45.2 Å². The second kappa shape index (κ2) is 9.34. The summed E-state index contributed by atoms with van der Waals surface area (Å²) in [6.45, 7) is 3.91. The van der Waals surface area contributed by atoms with Gasteiger partial charge in [0.2, 0.25) is 11.4 Å². The van der Waals surface area contributed by atoms with Crippen LogP contribution >= 0.6 is 0 Å². The molecule has 40 heavy (non-hydrogen) atoms. The molecule has 0 bridgehead atoms. The number of hydrogen-bond donors (Lipinski definition) is 2. The third kappa shape index (κ3) is 3.90. The molecule has 204 valence electrons. The number of anilines is 1. The molecule has 0 spiro atoms. The number of nitrogens with two attached hydrogens (primary N) is 1. The van der Waals surface area contributed by atoms with Crippen LogP contribution in [-0.4, -0.2) is 70.5 Å². The van der Waals surface area contributed by atoms with Crippen molar-refractivity contribution in [2.45, 2.75) is 12.8 Å². The van der Waals surface area contributed by atoms with E-state index in [9.17, 15) is 9.59 Å². The van der Waals surface area contributed by atoms with Gasteiger partial charge in [0, 0.05) is 26.1 Å². The lowest BCUT2D eigenvalue weighted by Crippen LogP contribution is -2.37. The number of amides is 1. The monoisotopic (exact) mass is 537 g/mol. The van der Waals surface area contributed by atoms with Crippen molar-refractivity contribution in [3.05, 3.63) is 75.6 Å². The van der Waals surface area contributed by atoms with Gasteiger partial charge in [-0.1, -0.05) is 24.3 Å². The molecule has 2 saturated heterocycles. The molecule has 2 aliphatic heterocycles. The topological polar surface area (TPSA) is 122 Å². The van der Waals surface area contributed by atoms with Gasteiger partial charge in [-0.2, -0.15) is 4.98 Å². The van der Waals surface area contributed by atoms with Gasteiger partial charge in [0.05, 0.1) is 29.2 Å². The summed E-state index contributed by atoms with van der Waals surface area (Å²) in [4.78, 5) is 44.6. The van der Waals surface area contributed by atoms with Crippen molar-refractivity contribution in [1.29, 1.82) is 0 Å². The summed E-state index contributed by atoms with van der Waals surface area (Å²) >= 11 is 0. The highest BCUT2D eigenvalue weighted by molar-refractivity contribution is 6.05. The summed E-state index contributed by atoms with van der Waals surface area (Å²) in [6.07, 6.45) is 1.54. The van der Waals surface area contributed by atoms with E-state index in [-0.39, 0.29) is 5.56 Å². The molecule has 5 aromatic rings. The van der Waals surface area contributed by atoms with Gasteiger partial charge >= 0.3 is 0 Å². The van der Waals surface area contributed by atoms with E-state index in [1.807, 2.05) is 52.9 Å². The number of H-pyrrole nitrogens is 1. The highest BCUT2D eigenvalue weighted by Crippen LogP contribution is 2.34. The zero-order valence-electron chi connectivity index (χ0n) is 22.6. The second-order valence-corrected chi connectivity index (χ2v) is 11.1. The number of fused-ring (bicyclic) bond motifs is 6. The van der Waals surface area contributed by atoms with Crippen molar-refractivity contribution < 1.29 is 9.53 Å².